The molecule has 0 aromatic heterocycles. The second-order valence-electron chi connectivity index (χ2n) is 6.65. The van der Waals surface area contributed by atoms with Gasteiger partial charge in [0.25, 0.3) is 5.91 Å². The number of benzene rings is 3. The molecule has 1 atom stereocenters. The van der Waals surface area contributed by atoms with Gasteiger partial charge in [-0.3, -0.25) is 14.9 Å². The highest BCUT2D eigenvalue weighted by atomic mass is 35.5. The number of aliphatic carboxylic acids is 2. The zero-order valence-electron chi connectivity index (χ0n) is 16.4. The number of rotatable bonds is 7. The zero-order valence-corrected chi connectivity index (χ0v) is 17.1. The fourth-order valence-corrected chi connectivity index (χ4v) is 3.08. The summed E-state index contributed by atoms with van der Waals surface area (Å²) in [7, 11) is 0. The van der Waals surface area contributed by atoms with E-state index in [4.69, 9.17) is 21.4 Å². The van der Waals surface area contributed by atoms with E-state index in [-0.39, 0.29) is 22.0 Å². The van der Waals surface area contributed by atoms with Crippen LogP contribution in [0, 0.1) is 0 Å². The molecule has 10 heteroatoms. The van der Waals surface area contributed by atoms with E-state index in [1.165, 1.54) is 24.3 Å². The number of nitrogens with one attached hydrogen (secondary N) is 2. The summed E-state index contributed by atoms with van der Waals surface area (Å²) in [5.41, 5.74) is -0.0332. The van der Waals surface area contributed by atoms with Crippen molar-refractivity contribution in [3.8, 4) is 5.75 Å². The van der Waals surface area contributed by atoms with E-state index in [9.17, 15) is 24.3 Å². The molecule has 2 amide bonds. The van der Waals surface area contributed by atoms with Crippen LogP contribution in [0.4, 0.5) is 10.5 Å². The fourth-order valence-electron chi connectivity index (χ4n) is 2.91. The van der Waals surface area contributed by atoms with Crippen molar-refractivity contribution in [2.24, 2.45) is 0 Å². The summed E-state index contributed by atoms with van der Waals surface area (Å²) in [4.78, 5) is 47.5. The van der Waals surface area contributed by atoms with Crippen LogP contribution in [-0.4, -0.2) is 40.2 Å². The molecule has 164 valence electrons. The number of ether oxygens (including phenoxy) is 1. The molecule has 0 unspecified atom stereocenters. The summed E-state index contributed by atoms with van der Waals surface area (Å²) >= 11 is 5.99. The Bertz CT molecular complexity index is 1210. The van der Waals surface area contributed by atoms with Crippen molar-refractivity contribution in [1.29, 1.82) is 0 Å². The van der Waals surface area contributed by atoms with Crippen molar-refractivity contribution < 1.29 is 34.1 Å². The first kappa shape index (κ1) is 22.6. The van der Waals surface area contributed by atoms with E-state index >= 15 is 0 Å². The van der Waals surface area contributed by atoms with E-state index in [0.29, 0.717) is 10.8 Å². The quantitative estimate of drug-likeness (QED) is 0.424. The number of carbonyl (C=O) groups is 4. The number of hydrogen-bond donors (Lipinski definition) is 4. The van der Waals surface area contributed by atoms with Gasteiger partial charge in [0, 0.05) is 0 Å². The number of para-hydroxylation sites is 1. The molecule has 0 aliphatic carbocycles. The minimum absolute atomic E-state index is 0.0396. The third-order valence-corrected chi connectivity index (χ3v) is 4.70. The van der Waals surface area contributed by atoms with Crippen LogP contribution in [0.15, 0.2) is 60.7 Å². The number of halogens is 1. The molecule has 0 bridgehead atoms. The standard InChI is InChI=1S/C22H17ClN2O7/c23-15-7-3-4-8-18(15)32-22(31)25-16-10-13-6-2-1-5-12(13)9-14(16)20(28)24-17(21(29)30)11-19(26)27/h1-10,17H,11H2,(H,24,28)(H,25,31)(H,26,27)(H,29,30)/t17-/m0/s1. The maximum Gasteiger partial charge on any atom is 0.417 e. The maximum absolute atomic E-state index is 12.8. The number of hydrogen-bond acceptors (Lipinski definition) is 5. The van der Waals surface area contributed by atoms with Gasteiger partial charge in [-0.05, 0) is 35.0 Å². The highest BCUT2D eigenvalue weighted by molar-refractivity contribution is 6.32. The molecule has 32 heavy (non-hydrogen) atoms. The topological polar surface area (TPSA) is 142 Å². The second-order valence-corrected chi connectivity index (χ2v) is 7.06. The highest BCUT2D eigenvalue weighted by Gasteiger charge is 2.25. The van der Waals surface area contributed by atoms with Gasteiger partial charge in [0.2, 0.25) is 0 Å². The van der Waals surface area contributed by atoms with Crippen molar-refractivity contribution in [2.75, 3.05) is 5.32 Å². The van der Waals surface area contributed by atoms with E-state index in [1.54, 1.807) is 36.4 Å². The monoisotopic (exact) mass is 456 g/mol. The molecule has 0 saturated carbocycles. The van der Waals surface area contributed by atoms with Crippen LogP contribution in [0.5, 0.6) is 5.75 Å². The molecule has 3 aromatic rings. The molecule has 3 aromatic carbocycles. The van der Waals surface area contributed by atoms with Gasteiger partial charge in [-0.25, -0.2) is 9.59 Å². The SMILES string of the molecule is O=C(O)C[C@H](NC(=O)c1cc2ccccc2cc1NC(=O)Oc1ccccc1Cl)C(=O)O. The lowest BCUT2D eigenvalue weighted by molar-refractivity contribution is -0.145. The second kappa shape index (κ2) is 9.80. The van der Waals surface area contributed by atoms with E-state index in [2.05, 4.69) is 10.6 Å². The largest absolute Gasteiger partial charge is 0.481 e. The molecule has 0 fully saturated rings. The van der Waals surface area contributed by atoms with Gasteiger partial charge in [0.1, 0.15) is 6.04 Å². The molecule has 0 aliphatic rings. The van der Waals surface area contributed by atoms with Crippen LogP contribution in [0.2, 0.25) is 5.02 Å². The van der Waals surface area contributed by atoms with Crippen LogP contribution in [0.1, 0.15) is 16.8 Å². The number of anilines is 1. The van der Waals surface area contributed by atoms with Crippen molar-refractivity contribution in [3.05, 3.63) is 71.2 Å². The predicted molar refractivity (Wildman–Crippen MR) is 116 cm³/mol. The van der Waals surface area contributed by atoms with Crippen LogP contribution in [-0.2, 0) is 9.59 Å². The molecule has 0 aliphatic heterocycles. The minimum Gasteiger partial charge on any atom is -0.481 e. The van der Waals surface area contributed by atoms with E-state index in [0.717, 1.165) is 0 Å². The average Bonchev–Trinajstić information content (AvgIpc) is 2.74. The summed E-state index contributed by atoms with van der Waals surface area (Å²) in [6.07, 6.45) is -1.74. The summed E-state index contributed by atoms with van der Waals surface area (Å²) in [6, 6.07) is 14.6. The third-order valence-electron chi connectivity index (χ3n) is 4.39. The van der Waals surface area contributed by atoms with Gasteiger partial charge in [0.15, 0.2) is 5.75 Å². The molecular weight excluding hydrogens is 440 g/mol. The summed E-state index contributed by atoms with van der Waals surface area (Å²) in [6.45, 7) is 0. The molecule has 0 spiro atoms. The van der Waals surface area contributed by atoms with Gasteiger partial charge in [0.05, 0.1) is 22.7 Å². The molecule has 4 N–H and O–H groups in total. The van der Waals surface area contributed by atoms with E-state index in [1.807, 2.05) is 0 Å². The normalized spacial score (nSPS) is 11.4. The van der Waals surface area contributed by atoms with Gasteiger partial charge >= 0.3 is 18.0 Å². The number of amides is 2. The molecular formula is C22H17ClN2O7. The minimum atomic E-state index is -1.66. The molecule has 0 radical (unpaired) electrons. The lowest BCUT2D eigenvalue weighted by atomic mass is 10.0. The fraction of sp³-hybridized carbons (Fsp3) is 0.0909. The van der Waals surface area contributed by atoms with Crippen LogP contribution in [0.25, 0.3) is 10.8 Å². The Balaban J connectivity index is 1.92. The Labute approximate surface area is 186 Å². The lowest BCUT2D eigenvalue weighted by Gasteiger charge is -2.16. The maximum atomic E-state index is 12.8. The van der Waals surface area contributed by atoms with Gasteiger partial charge in [-0.1, -0.05) is 48.0 Å². The van der Waals surface area contributed by atoms with Gasteiger partial charge in [-0.2, -0.15) is 0 Å². The van der Waals surface area contributed by atoms with Crippen molar-refractivity contribution in [3.63, 3.8) is 0 Å². The van der Waals surface area contributed by atoms with Crippen LogP contribution >= 0.6 is 11.6 Å². The Morgan fingerprint density at radius 2 is 1.56 bits per heavy atom. The summed E-state index contributed by atoms with van der Waals surface area (Å²) in [5.74, 6) is -3.67. The number of fused-ring (bicyclic) bond motifs is 1. The number of carbonyl (C=O) groups excluding carboxylic acids is 2. The van der Waals surface area contributed by atoms with Gasteiger partial charge < -0.3 is 20.3 Å². The first-order chi connectivity index (χ1) is 15.2. The lowest BCUT2D eigenvalue weighted by Crippen LogP contribution is -2.42. The zero-order chi connectivity index (χ0) is 23.3. The first-order valence-corrected chi connectivity index (χ1v) is 9.64. The molecule has 0 saturated heterocycles. The van der Waals surface area contributed by atoms with Crippen molar-refractivity contribution >= 4 is 52.0 Å². The van der Waals surface area contributed by atoms with Crippen LogP contribution in [0.3, 0.4) is 0 Å². The van der Waals surface area contributed by atoms with Crippen molar-refractivity contribution in [2.45, 2.75) is 12.5 Å². The molecule has 9 nitrogen and oxygen atoms in total. The van der Waals surface area contributed by atoms with Crippen LogP contribution < -0.4 is 15.4 Å². The Hall–Kier alpha value is -4.11. The van der Waals surface area contributed by atoms with Gasteiger partial charge in [-0.15, -0.1) is 0 Å². The Morgan fingerprint density at radius 1 is 0.938 bits per heavy atom. The molecule has 0 heterocycles. The molecule has 3 rings (SSSR count). The Morgan fingerprint density at radius 3 is 2.19 bits per heavy atom. The summed E-state index contributed by atoms with van der Waals surface area (Å²) < 4.78 is 5.18. The summed E-state index contributed by atoms with van der Waals surface area (Å²) in [5, 5.41) is 24.3. The predicted octanol–water partition coefficient (Wildman–Crippen LogP) is 3.76. The smallest absolute Gasteiger partial charge is 0.417 e. The highest BCUT2D eigenvalue weighted by Crippen LogP contribution is 2.27. The average molecular weight is 457 g/mol. The Kier molecular flexibility index (Phi) is 6.91. The van der Waals surface area contributed by atoms with Crippen molar-refractivity contribution in [1.82, 2.24) is 5.32 Å². The number of carboxylic acid groups (broad SMARTS) is 2. The van der Waals surface area contributed by atoms with E-state index < -0.39 is 36.4 Å². The first-order valence-electron chi connectivity index (χ1n) is 9.26. The number of carboxylic acids is 2. The third kappa shape index (κ3) is 5.52.